The topological polar surface area (TPSA) is 78.9 Å². The molecule has 0 aromatic rings. The molecule has 0 heterocycles. The lowest BCUT2D eigenvalue weighted by molar-refractivity contribution is -0.167. The van der Waals surface area contributed by atoms with Gasteiger partial charge in [0.25, 0.3) is 0 Å². The van der Waals surface area contributed by atoms with Crippen LogP contribution in [0, 0.1) is 0 Å². The van der Waals surface area contributed by atoms with Crippen LogP contribution in [0.15, 0.2) is 36.5 Å². The molecule has 0 N–H and O–H groups in total. The molecule has 0 amide bonds. The van der Waals surface area contributed by atoms with E-state index in [1.54, 1.807) is 0 Å². The maximum absolute atomic E-state index is 12.6. The normalized spacial score (nSPS) is 12.3. The number of carbonyl (C=O) groups is 3. The second kappa shape index (κ2) is 39.4. The van der Waals surface area contributed by atoms with Crippen molar-refractivity contribution in [2.24, 2.45) is 0 Å². The molecule has 1 unspecified atom stereocenters. The van der Waals surface area contributed by atoms with Crippen LogP contribution in [0.2, 0.25) is 0 Å². The van der Waals surface area contributed by atoms with E-state index in [0.717, 1.165) is 57.8 Å². The Kier molecular flexibility index (Phi) is 37.5. The predicted molar refractivity (Wildman–Crippen MR) is 210 cm³/mol. The molecule has 0 aliphatic carbocycles. The highest BCUT2D eigenvalue weighted by molar-refractivity contribution is 5.71. The summed E-state index contributed by atoms with van der Waals surface area (Å²) in [5.74, 6) is -0.991. The van der Waals surface area contributed by atoms with Crippen LogP contribution in [0.3, 0.4) is 0 Å². The molecule has 0 aliphatic heterocycles. The van der Waals surface area contributed by atoms with Crippen molar-refractivity contribution in [2.45, 2.75) is 213 Å². The number of allylic oxidation sites excluding steroid dienone is 6. The Morgan fingerprint density at radius 2 is 0.680 bits per heavy atom. The van der Waals surface area contributed by atoms with Gasteiger partial charge in [-0.3, -0.25) is 14.4 Å². The number of unbranched alkanes of at least 4 members (excludes halogenated alkanes) is 20. The van der Waals surface area contributed by atoms with Gasteiger partial charge in [-0.1, -0.05) is 141 Å². The molecule has 6 nitrogen and oxygen atoms in total. The Labute approximate surface area is 308 Å². The van der Waals surface area contributed by atoms with Crippen LogP contribution in [-0.2, 0) is 28.6 Å². The molecule has 0 fully saturated rings. The number of carbonyl (C=O) groups excluding carboxylic acids is 3. The van der Waals surface area contributed by atoms with Crippen molar-refractivity contribution in [3.63, 3.8) is 0 Å². The van der Waals surface area contributed by atoms with E-state index in [4.69, 9.17) is 14.2 Å². The molecule has 50 heavy (non-hydrogen) atoms. The first-order valence-corrected chi connectivity index (χ1v) is 21.0. The van der Waals surface area contributed by atoms with Gasteiger partial charge in [0, 0.05) is 19.3 Å². The van der Waals surface area contributed by atoms with E-state index in [1.165, 1.54) is 96.3 Å². The number of ether oxygens (including phenoxy) is 3. The zero-order chi connectivity index (χ0) is 36.6. The van der Waals surface area contributed by atoms with Gasteiger partial charge in [0.1, 0.15) is 13.2 Å². The third-order valence-electron chi connectivity index (χ3n) is 8.84. The largest absolute Gasteiger partial charge is 0.462 e. The summed E-state index contributed by atoms with van der Waals surface area (Å²) in [5, 5.41) is 0. The first-order valence-electron chi connectivity index (χ1n) is 21.0. The van der Waals surface area contributed by atoms with Crippen molar-refractivity contribution in [1.82, 2.24) is 0 Å². The molecule has 0 aliphatic rings. The lowest BCUT2D eigenvalue weighted by Gasteiger charge is -2.18. The highest BCUT2D eigenvalue weighted by atomic mass is 16.6. The second-order valence-corrected chi connectivity index (χ2v) is 13.9. The van der Waals surface area contributed by atoms with Crippen LogP contribution in [0.5, 0.6) is 0 Å². The van der Waals surface area contributed by atoms with Crippen molar-refractivity contribution in [3.05, 3.63) is 36.5 Å². The minimum atomic E-state index is -0.797. The van der Waals surface area contributed by atoms with Gasteiger partial charge in [-0.2, -0.15) is 0 Å². The molecular weight excluding hydrogens is 624 g/mol. The fraction of sp³-hybridized carbons (Fsp3) is 0.795. The summed E-state index contributed by atoms with van der Waals surface area (Å²) < 4.78 is 16.5. The Balaban J connectivity index is 4.41. The average Bonchev–Trinajstić information content (AvgIpc) is 3.11. The van der Waals surface area contributed by atoms with Crippen LogP contribution >= 0.6 is 0 Å². The van der Waals surface area contributed by atoms with E-state index in [9.17, 15) is 14.4 Å². The fourth-order valence-corrected chi connectivity index (χ4v) is 5.62. The van der Waals surface area contributed by atoms with Crippen LogP contribution < -0.4 is 0 Å². The summed E-state index contributed by atoms with van der Waals surface area (Å²) in [4.78, 5) is 37.4. The molecule has 0 rings (SSSR count). The number of rotatable bonds is 37. The Morgan fingerprint density at radius 3 is 1.10 bits per heavy atom. The summed E-state index contributed by atoms with van der Waals surface area (Å²) >= 11 is 0. The molecule has 0 spiro atoms. The van der Waals surface area contributed by atoms with Crippen molar-refractivity contribution < 1.29 is 28.6 Å². The molecule has 290 valence electrons. The van der Waals surface area contributed by atoms with Crippen LogP contribution in [0.25, 0.3) is 0 Å². The lowest BCUT2D eigenvalue weighted by Crippen LogP contribution is -2.30. The third kappa shape index (κ3) is 36.9. The molecule has 0 bridgehead atoms. The van der Waals surface area contributed by atoms with Gasteiger partial charge in [0.05, 0.1) is 0 Å². The number of hydrogen-bond donors (Lipinski definition) is 0. The van der Waals surface area contributed by atoms with E-state index in [-0.39, 0.29) is 37.5 Å². The Hall–Kier alpha value is -2.37. The van der Waals surface area contributed by atoms with Crippen molar-refractivity contribution >= 4 is 17.9 Å². The van der Waals surface area contributed by atoms with Gasteiger partial charge in [-0.05, 0) is 83.5 Å². The van der Waals surface area contributed by atoms with Gasteiger partial charge in [0.2, 0.25) is 0 Å². The van der Waals surface area contributed by atoms with Crippen molar-refractivity contribution in [3.8, 4) is 0 Å². The second-order valence-electron chi connectivity index (χ2n) is 13.9. The summed E-state index contributed by atoms with van der Waals surface area (Å²) in [6.07, 6.45) is 42.9. The van der Waals surface area contributed by atoms with E-state index >= 15 is 0 Å². The maximum Gasteiger partial charge on any atom is 0.306 e. The van der Waals surface area contributed by atoms with Gasteiger partial charge < -0.3 is 14.2 Å². The van der Waals surface area contributed by atoms with Crippen LogP contribution in [0.1, 0.15) is 207 Å². The first-order chi connectivity index (χ1) is 24.5. The fourth-order valence-electron chi connectivity index (χ4n) is 5.62. The minimum absolute atomic E-state index is 0.0996. The van der Waals surface area contributed by atoms with Crippen molar-refractivity contribution in [1.29, 1.82) is 0 Å². The lowest BCUT2D eigenvalue weighted by atomic mass is 10.1. The zero-order valence-electron chi connectivity index (χ0n) is 32.9. The van der Waals surface area contributed by atoms with Gasteiger partial charge in [0.15, 0.2) is 6.10 Å². The quantitative estimate of drug-likeness (QED) is 0.0277. The molecule has 0 saturated carbocycles. The van der Waals surface area contributed by atoms with Crippen LogP contribution in [0.4, 0.5) is 0 Å². The summed E-state index contributed by atoms with van der Waals surface area (Å²) in [7, 11) is 0. The smallest absolute Gasteiger partial charge is 0.306 e. The van der Waals surface area contributed by atoms with E-state index in [2.05, 4.69) is 57.2 Å². The first kappa shape index (κ1) is 47.6. The maximum atomic E-state index is 12.6. The highest BCUT2D eigenvalue weighted by Gasteiger charge is 2.19. The van der Waals surface area contributed by atoms with E-state index in [0.29, 0.717) is 25.7 Å². The summed E-state index contributed by atoms with van der Waals surface area (Å²) in [6, 6.07) is 0. The van der Waals surface area contributed by atoms with Gasteiger partial charge in [-0.15, -0.1) is 0 Å². The molecule has 1 atom stereocenters. The molecule has 0 radical (unpaired) electrons. The van der Waals surface area contributed by atoms with Crippen LogP contribution in [-0.4, -0.2) is 37.2 Å². The third-order valence-corrected chi connectivity index (χ3v) is 8.84. The summed E-state index contributed by atoms with van der Waals surface area (Å²) in [6.45, 7) is 6.48. The molecule has 0 saturated heterocycles. The Bertz CT molecular complexity index is 861. The molecule has 0 aromatic heterocycles. The number of esters is 3. The minimum Gasteiger partial charge on any atom is -0.462 e. The molecule has 0 aromatic carbocycles. The van der Waals surface area contributed by atoms with Gasteiger partial charge >= 0.3 is 17.9 Å². The summed E-state index contributed by atoms with van der Waals surface area (Å²) in [5.41, 5.74) is 0. The van der Waals surface area contributed by atoms with Gasteiger partial charge in [-0.25, -0.2) is 0 Å². The van der Waals surface area contributed by atoms with E-state index in [1.807, 2.05) is 0 Å². The standard InChI is InChI=1S/C44H78O6/c1-4-7-10-13-16-19-20-21-22-23-26-28-31-34-37-43(46)49-40-41(50-44(47)38-35-32-29-25-18-15-12-9-6-3)39-48-42(45)36-33-30-27-24-17-14-11-8-5-2/h22-25,27,29,41H,4-21,26,28,30-40H2,1-3H3/b23-22-,27-24-,29-25-. The Morgan fingerprint density at radius 1 is 0.380 bits per heavy atom. The van der Waals surface area contributed by atoms with E-state index < -0.39 is 6.10 Å². The monoisotopic (exact) mass is 703 g/mol. The van der Waals surface area contributed by atoms with Crippen molar-refractivity contribution in [2.75, 3.05) is 13.2 Å². The predicted octanol–water partition coefficient (Wildman–Crippen LogP) is 13.0. The average molecular weight is 703 g/mol. The SMILES string of the molecule is CCCCCC/C=C\CCCC(=O)OCC(COC(=O)CCCCC/C=C\CCCCCCCCC)OC(=O)CCC/C=C\CCCCCC. The highest BCUT2D eigenvalue weighted by Crippen LogP contribution is 2.12. The zero-order valence-corrected chi connectivity index (χ0v) is 32.9. The molecule has 6 heteroatoms. The molecular formula is C44H78O6. The number of hydrogen-bond acceptors (Lipinski definition) is 6.